The molecular formula is C20H29N3O5. The summed E-state index contributed by atoms with van der Waals surface area (Å²) in [5.74, 6) is 0.769. The monoisotopic (exact) mass is 391 g/mol. The first-order chi connectivity index (χ1) is 13.5. The molecule has 8 nitrogen and oxygen atoms in total. The summed E-state index contributed by atoms with van der Waals surface area (Å²) in [5.41, 5.74) is 6.22. The van der Waals surface area contributed by atoms with Gasteiger partial charge in [-0.25, -0.2) is 0 Å². The number of methoxy groups -OCH3 is 3. The van der Waals surface area contributed by atoms with Gasteiger partial charge in [-0.2, -0.15) is 0 Å². The van der Waals surface area contributed by atoms with Gasteiger partial charge in [0, 0.05) is 31.6 Å². The summed E-state index contributed by atoms with van der Waals surface area (Å²) in [6.07, 6.45) is 4.10. The van der Waals surface area contributed by atoms with E-state index in [0.29, 0.717) is 36.0 Å². The van der Waals surface area contributed by atoms with Gasteiger partial charge in [-0.05, 0) is 12.8 Å². The van der Waals surface area contributed by atoms with Crippen LogP contribution >= 0.6 is 0 Å². The van der Waals surface area contributed by atoms with E-state index in [1.54, 1.807) is 17.0 Å². The molecule has 28 heavy (non-hydrogen) atoms. The molecule has 154 valence electrons. The molecule has 3 rings (SSSR count). The van der Waals surface area contributed by atoms with Gasteiger partial charge in [-0.1, -0.05) is 12.8 Å². The highest BCUT2D eigenvalue weighted by Crippen LogP contribution is 2.42. The van der Waals surface area contributed by atoms with Crippen molar-refractivity contribution in [3.05, 3.63) is 12.1 Å². The van der Waals surface area contributed by atoms with E-state index in [2.05, 4.69) is 5.32 Å². The average Bonchev–Trinajstić information content (AvgIpc) is 3.33. The van der Waals surface area contributed by atoms with Gasteiger partial charge >= 0.3 is 0 Å². The van der Waals surface area contributed by atoms with Crippen LogP contribution in [0.3, 0.4) is 0 Å². The highest BCUT2D eigenvalue weighted by molar-refractivity contribution is 6.00. The van der Waals surface area contributed by atoms with Crippen molar-refractivity contribution in [2.24, 2.45) is 11.7 Å². The van der Waals surface area contributed by atoms with Crippen LogP contribution in [0.5, 0.6) is 17.2 Å². The van der Waals surface area contributed by atoms with E-state index >= 15 is 0 Å². The molecule has 1 aliphatic heterocycles. The second-order valence-electron chi connectivity index (χ2n) is 7.47. The summed E-state index contributed by atoms with van der Waals surface area (Å²) in [6.45, 7) is 0.736. The first-order valence-electron chi connectivity index (χ1n) is 9.59. The Labute approximate surface area is 165 Å². The summed E-state index contributed by atoms with van der Waals surface area (Å²) < 4.78 is 16.1. The molecule has 0 radical (unpaired) electrons. The van der Waals surface area contributed by atoms with Crippen molar-refractivity contribution in [2.75, 3.05) is 39.3 Å². The molecule has 1 aromatic rings. The van der Waals surface area contributed by atoms with Crippen LogP contribution in [0.4, 0.5) is 5.69 Å². The molecule has 8 heteroatoms. The summed E-state index contributed by atoms with van der Waals surface area (Å²) >= 11 is 0. The number of nitrogens with zero attached hydrogens (tertiary/aromatic N) is 1. The molecule has 1 unspecified atom stereocenters. The second kappa shape index (κ2) is 8.26. The Morgan fingerprint density at radius 2 is 1.79 bits per heavy atom. The number of anilines is 1. The Morgan fingerprint density at radius 1 is 1.18 bits per heavy atom. The van der Waals surface area contributed by atoms with Gasteiger partial charge in [0.05, 0.1) is 38.5 Å². The van der Waals surface area contributed by atoms with Gasteiger partial charge in [0.15, 0.2) is 11.5 Å². The van der Waals surface area contributed by atoms with E-state index in [1.807, 2.05) is 0 Å². The van der Waals surface area contributed by atoms with Crippen molar-refractivity contribution < 1.29 is 23.8 Å². The SMILES string of the molecule is COc1cc(N2CC(C(=O)NC3(CN)CCCC3)CC2=O)cc(OC)c1OC. The lowest BCUT2D eigenvalue weighted by molar-refractivity contribution is -0.127. The predicted molar refractivity (Wildman–Crippen MR) is 105 cm³/mol. The predicted octanol–water partition coefficient (Wildman–Crippen LogP) is 1.45. The van der Waals surface area contributed by atoms with Crippen molar-refractivity contribution in [3.63, 3.8) is 0 Å². The Hall–Kier alpha value is -2.48. The molecule has 1 heterocycles. The molecule has 3 N–H and O–H groups in total. The summed E-state index contributed by atoms with van der Waals surface area (Å²) in [6, 6.07) is 3.44. The van der Waals surface area contributed by atoms with Gasteiger partial charge in [0.2, 0.25) is 17.6 Å². The highest BCUT2D eigenvalue weighted by Gasteiger charge is 2.40. The number of hydrogen-bond donors (Lipinski definition) is 2. The molecule has 2 fully saturated rings. The third-order valence-corrected chi connectivity index (χ3v) is 5.80. The molecule has 1 saturated carbocycles. The quantitative estimate of drug-likeness (QED) is 0.729. The first-order valence-corrected chi connectivity index (χ1v) is 9.59. The molecule has 1 aliphatic carbocycles. The Morgan fingerprint density at radius 3 is 2.29 bits per heavy atom. The topological polar surface area (TPSA) is 103 Å². The van der Waals surface area contributed by atoms with Crippen LogP contribution in [0.15, 0.2) is 12.1 Å². The standard InChI is InChI=1S/C20H29N3O5/c1-26-15-9-14(10-16(27-2)18(15)28-3)23-11-13(8-17(23)24)19(25)22-20(12-21)6-4-5-7-20/h9-10,13H,4-8,11-12,21H2,1-3H3,(H,22,25). The van der Waals surface area contributed by atoms with Crippen LogP contribution in [0, 0.1) is 5.92 Å². The molecule has 1 aromatic carbocycles. The lowest BCUT2D eigenvalue weighted by Crippen LogP contribution is -2.53. The van der Waals surface area contributed by atoms with Crippen LogP contribution in [-0.4, -0.2) is 51.8 Å². The molecule has 0 bridgehead atoms. The zero-order chi connectivity index (χ0) is 20.3. The first kappa shape index (κ1) is 20.3. The van der Waals surface area contributed by atoms with E-state index in [-0.39, 0.29) is 23.8 Å². The molecule has 0 aromatic heterocycles. The maximum absolute atomic E-state index is 12.8. The highest BCUT2D eigenvalue weighted by atomic mass is 16.5. The largest absolute Gasteiger partial charge is 0.493 e. The second-order valence-corrected chi connectivity index (χ2v) is 7.47. The van der Waals surface area contributed by atoms with Gasteiger partial charge in [-0.15, -0.1) is 0 Å². The number of hydrogen-bond acceptors (Lipinski definition) is 6. The lowest BCUT2D eigenvalue weighted by atomic mass is 9.96. The Bertz CT molecular complexity index is 720. The maximum Gasteiger partial charge on any atom is 0.227 e. The normalized spacial score (nSPS) is 20.9. The molecule has 2 aliphatic rings. The van der Waals surface area contributed by atoms with Crippen molar-refractivity contribution in [2.45, 2.75) is 37.6 Å². The van der Waals surface area contributed by atoms with E-state index in [0.717, 1.165) is 25.7 Å². The molecule has 2 amide bonds. The van der Waals surface area contributed by atoms with Crippen LogP contribution < -0.4 is 30.2 Å². The minimum Gasteiger partial charge on any atom is -0.493 e. The van der Waals surface area contributed by atoms with Crippen LogP contribution in [0.25, 0.3) is 0 Å². The molecule has 1 atom stereocenters. The smallest absolute Gasteiger partial charge is 0.227 e. The average molecular weight is 391 g/mol. The van der Waals surface area contributed by atoms with E-state index in [9.17, 15) is 9.59 Å². The number of carbonyl (C=O) groups is 2. The number of rotatable bonds is 7. The number of amides is 2. The van der Waals surface area contributed by atoms with Gasteiger partial charge in [0.25, 0.3) is 0 Å². The van der Waals surface area contributed by atoms with Crippen molar-refractivity contribution in [3.8, 4) is 17.2 Å². The third-order valence-electron chi connectivity index (χ3n) is 5.80. The summed E-state index contributed by atoms with van der Waals surface area (Å²) in [5, 5.41) is 3.13. The zero-order valence-electron chi connectivity index (χ0n) is 16.7. The molecular weight excluding hydrogens is 362 g/mol. The molecule has 1 saturated heterocycles. The van der Waals surface area contributed by atoms with Crippen LogP contribution in [-0.2, 0) is 9.59 Å². The third kappa shape index (κ3) is 3.73. The minimum atomic E-state index is -0.407. The van der Waals surface area contributed by atoms with Gasteiger partial charge in [0.1, 0.15) is 0 Å². The van der Waals surface area contributed by atoms with Crippen LogP contribution in [0.2, 0.25) is 0 Å². The van der Waals surface area contributed by atoms with E-state index in [1.165, 1.54) is 21.3 Å². The van der Waals surface area contributed by atoms with E-state index < -0.39 is 5.92 Å². The summed E-state index contributed by atoms with van der Waals surface area (Å²) in [4.78, 5) is 27.1. The number of nitrogens with two attached hydrogens (primary N) is 1. The van der Waals surface area contributed by atoms with Crippen molar-refractivity contribution in [1.29, 1.82) is 0 Å². The summed E-state index contributed by atoms with van der Waals surface area (Å²) in [7, 11) is 4.58. The number of benzene rings is 1. The van der Waals surface area contributed by atoms with Crippen molar-refractivity contribution >= 4 is 17.5 Å². The fraction of sp³-hybridized carbons (Fsp3) is 0.600. The fourth-order valence-corrected chi connectivity index (χ4v) is 4.15. The number of nitrogens with one attached hydrogen (secondary N) is 1. The lowest BCUT2D eigenvalue weighted by Gasteiger charge is -2.30. The molecule has 0 spiro atoms. The van der Waals surface area contributed by atoms with Gasteiger partial charge < -0.3 is 30.2 Å². The maximum atomic E-state index is 12.8. The fourth-order valence-electron chi connectivity index (χ4n) is 4.15. The van der Waals surface area contributed by atoms with Crippen LogP contribution in [0.1, 0.15) is 32.1 Å². The van der Waals surface area contributed by atoms with Gasteiger partial charge in [-0.3, -0.25) is 9.59 Å². The zero-order valence-corrected chi connectivity index (χ0v) is 16.7. The van der Waals surface area contributed by atoms with Crippen molar-refractivity contribution in [1.82, 2.24) is 5.32 Å². The Balaban J connectivity index is 1.78. The van der Waals surface area contributed by atoms with E-state index in [4.69, 9.17) is 19.9 Å². The number of ether oxygens (including phenoxy) is 3. The minimum absolute atomic E-state index is 0.101. The Kier molecular flexibility index (Phi) is 5.98. The number of carbonyl (C=O) groups excluding carboxylic acids is 2.